The fourth-order valence-corrected chi connectivity index (χ4v) is 3.06. The average Bonchev–Trinajstić information content (AvgIpc) is 2.86. The highest BCUT2D eigenvalue weighted by Crippen LogP contribution is 2.43. The van der Waals surface area contributed by atoms with Crippen LogP contribution in [0.4, 0.5) is 5.69 Å². The number of carbonyl (C=O) groups excluding carboxylic acids is 1. The van der Waals surface area contributed by atoms with Gasteiger partial charge in [-0.1, -0.05) is 12.1 Å². The molecule has 0 spiro atoms. The third kappa shape index (κ3) is 1.91. The molecule has 1 amide bonds. The second-order valence-corrected chi connectivity index (χ2v) is 5.17. The molecule has 0 fully saturated rings. The Hall–Kier alpha value is -1.72. The van der Waals surface area contributed by atoms with Crippen LogP contribution in [0.5, 0.6) is 0 Å². The lowest BCUT2D eigenvalue weighted by Crippen LogP contribution is -2.30. The number of anilines is 1. The van der Waals surface area contributed by atoms with E-state index in [1.54, 1.807) is 12.1 Å². The summed E-state index contributed by atoms with van der Waals surface area (Å²) in [5, 5.41) is 12.4. The summed E-state index contributed by atoms with van der Waals surface area (Å²) in [7, 11) is 0. The number of para-hydroxylation sites is 1. The number of amides is 1. The molecule has 0 saturated carbocycles. The van der Waals surface area contributed by atoms with E-state index in [9.17, 15) is 9.90 Å². The van der Waals surface area contributed by atoms with E-state index in [1.807, 2.05) is 24.3 Å². The number of nitrogens with one attached hydrogen (secondary N) is 1. The summed E-state index contributed by atoms with van der Waals surface area (Å²) in [6, 6.07) is 11.0. The van der Waals surface area contributed by atoms with Crippen molar-refractivity contribution in [1.29, 1.82) is 0 Å². The Morgan fingerprint density at radius 1 is 1.22 bits per heavy atom. The molecule has 0 saturated heterocycles. The molecule has 2 N–H and O–H groups in total. The van der Waals surface area contributed by atoms with E-state index in [0.717, 1.165) is 10.6 Å². The number of aliphatic hydroxyl groups is 1. The SMILES string of the molecule is O=C1Nc2ccccc2S[C@H](c2ccco2)[C@@H]1O. The summed E-state index contributed by atoms with van der Waals surface area (Å²) in [6.07, 6.45) is 0.408. The van der Waals surface area contributed by atoms with Crippen molar-refractivity contribution in [2.24, 2.45) is 0 Å². The highest BCUT2D eigenvalue weighted by Gasteiger charge is 2.34. The highest BCUT2D eigenvalue weighted by molar-refractivity contribution is 7.99. The maximum atomic E-state index is 11.9. The summed E-state index contributed by atoms with van der Waals surface area (Å²) in [4.78, 5) is 12.8. The zero-order valence-electron chi connectivity index (χ0n) is 9.37. The van der Waals surface area contributed by atoms with Crippen molar-refractivity contribution in [2.45, 2.75) is 16.2 Å². The van der Waals surface area contributed by atoms with E-state index in [2.05, 4.69) is 5.32 Å². The van der Waals surface area contributed by atoms with Crippen LogP contribution in [0, 0.1) is 0 Å². The van der Waals surface area contributed by atoms with Crippen molar-refractivity contribution in [3.8, 4) is 0 Å². The molecule has 0 bridgehead atoms. The van der Waals surface area contributed by atoms with Crippen molar-refractivity contribution in [3.05, 3.63) is 48.4 Å². The molecule has 0 radical (unpaired) electrons. The van der Waals surface area contributed by atoms with E-state index in [4.69, 9.17) is 4.42 Å². The number of rotatable bonds is 1. The van der Waals surface area contributed by atoms with E-state index in [-0.39, 0.29) is 0 Å². The van der Waals surface area contributed by atoms with Gasteiger partial charge in [-0.25, -0.2) is 0 Å². The van der Waals surface area contributed by atoms with Crippen LogP contribution in [-0.2, 0) is 4.79 Å². The van der Waals surface area contributed by atoms with Gasteiger partial charge in [0.15, 0.2) is 6.10 Å². The maximum Gasteiger partial charge on any atom is 0.254 e. The van der Waals surface area contributed by atoms with Crippen LogP contribution < -0.4 is 5.32 Å². The lowest BCUT2D eigenvalue weighted by Gasteiger charge is -2.15. The number of aliphatic hydroxyl groups excluding tert-OH is 1. The lowest BCUT2D eigenvalue weighted by atomic mass is 10.2. The molecule has 0 aliphatic carbocycles. The first-order valence-electron chi connectivity index (χ1n) is 5.54. The summed E-state index contributed by atoms with van der Waals surface area (Å²) in [5.41, 5.74) is 0.723. The smallest absolute Gasteiger partial charge is 0.254 e. The number of thioether (sulfide) groups is 1. The van der Waals surface area contributed by atoms with Gasteiger partial charge in [0.1, 0.15) is 11.0 Å². The lowest BCUT2D eigenvalue weighted by molar-refractivity contribution is -0.124. The molecule has 1 aromatic carbocycles. The van der Waals surface area contributed by atoms with Crippen LogP contribution in [0.3, 0.4) is 0 Å². The number of fused-ring (bicyclic) bond motifs is 1. The van der Waals surface area contributed by atoms with Crippen LogP contribution >= 0.6 is 11.8 Å². The Morgan fingerprint density at radius 2 is 2.06 bits per heavy atom. The van der Waals surface area contributed by atoms with Crippen LogP contribution in [0.2, 0.25) is 0 Å². The third-order valence-electron chi connectivity index (χ3n) is 2.78. The Bertz CT molecular complexity index is 567. The fraction of sp³-hybridized carbons (Fsp3) is 0.154. The van der Waals surface area contributed by atoms with Gasteiger partial charge < -0.3 is 14.8 Å². The zero-order valence-corrected chi connectivity index (χ0v) is 10.2. The number of carbonyl (C=O) groups is 1. The molecule has 18 heavy (non-hydrogen) atoms. The third-order valence-corrected chi connectivity index (χ3v) is 4.13. The summed E-state index contributed by atoms with van der Waals surface area (Å²) in [6.45, 7) is 0. The Balaban J connectivity index is 2.03. The number of benzene rings is 1. The number of hydrogen-bond acceptors (Lipinski definition) is 4. The predicted molar refractivity (Wildman–Crippen MR) is 68.4 cm³/mol. The van der Waals surface area contributed by atoms with Crippen molar-refractivity contribution < 1.29 is 14.3 Å². The van der Waals surface area contributed by atoms with Gasteiger partial charge in [0, 0.05) is 4.90 Å². The Morgan fingerprint density at radius 3 is 2.83 bits per heavy atom. The minimum absolute atomic E-state index is 0.408. The Labute approximate surface area is 108 Å². The van der Waals surface area contributed by atoms with Gasteiger partial charge in [-0.15, -0.1) is 11.8 Å². The van der Waals surface area contributed by atoms with Gasteiger partial charge in [0.05, 0.1) is 12.0 Å². The molecule has 2 heterocycles. The van der Waals surface area contributed by atoms with Gasteiger partial charge in [-0.3, -0.25) is 4.79 Å². The molecule has 2 aromatic rings. The molecule has 2 atom stereocenters. The molecule has 4 nitrogen and oxygen atoms in total. The summed E-state index contributed by atoms with van der Waals surface area (Å²) < 4.78 is 5.30. The second kappa shape index (κ2) is 4.51. The van der Waals surface area contributed by atoms with Crippen LogP contribution in [0.1, 0.15) is 11.0 Å². The van der Waals surface area contributed by atoms with Crippen LogP contribution in [-0.4, -0.2) is 17.1 Å². The van der Waals surface area contributed by atoms with Crippen molar-refractivity contribution in [1.82, 2.24) is 0 Å². The monoisotopic (exact) mass is 261 g/mol. The van der Waals surface area contributed by atoms with Gasteiger partial charge in [0.25, 0.3) is 5.91 Å². The molecule has 5 heteroatoms. The van der Waals surface area contributed by atoms with Gasteiger partial charge in [-0.05, 0) is 24.3 Å². The predicted octanol–water partition coefficient (Wildman–Crippen LogP) is 2.43. The maximum absolute atomic E-state index is 11.9. The molecule has 3 rings (SSSR count). The molecule has 92 valence electrons. The zero-order chi connectivity index (χ0) is 12.5. The van der Waals surface area contributed by atoms with Crippen LogP contribution in [0.15, 0.2) is 52.0 Å². The molecular formula is C13H11NO3S. The second-order valence-electron chi connectivity index (χ2n) is 3.98. The van der Waals surface area contributed by atoms with Gasteiger partial charge in [0.2, 0.25) is 0 Å². The van der Waals surface area contributed by atoms with E-state index in [1.165, 1.54) is 18.0 Å². The van der Waals surface area contributed by atoms with Gasteiger partial charge >= 0.3 is 0 Å². The van der Waals surface area contributed by atoms with Gasteiger partial charge in [-0.2, -0.15) is 0 Å². The summed E-state index contributed by atoms with van der Waals surface area (Å²) in [5.74, 6) is 0.188. The normalized spacial score (nSPS) is 23.1. The molecular weight excluding hydrogens is 250 g/mol. The molecule has 1 aliphatic rings. The minimum atomic E-state index is -1.13. The highest BCUT2D eigenvalue weighted by atomic mass is 32.2. The molecule has 1 aliphatic heterocycles. The summed E-state index contributed by atoms with van der Waals surface area (Å²) >= 11 is 1.42. The van der Waals surface area contributed by atoms with Crippen molar-refractivity contribution in [2.75, 3.05) is 5.32 Å². The fourth-order valence-electron chi connectivity index (χ4n) is 1.88. The van der Waals surface area contributed by atoms with E-state index in [0.29, 0.717) is 5.76 Å². The van der Waals surface area contributed by atoms with Crippen LogP contribution in [0.25, 0.3) is 0 Å². The van der Waals surface area contributed by atoms with E-state index < -0.39 is 17.3 Å². The van der Waals surface area contributed by atoms with E-state index >= 15 is 0 Å². The molecule has 1 aromatic heterocycles. The quantitative estimate of drug-likeness (QED) is 0.827. The van der Waals surface area contributed by atoms with Crippen molar-refractivity contribution in [3.63, 3.8) is 0 Å². The topological polar surface area (TPSA) is 62.5 Å². The first kappa shape index (κ1) is 11.4. The number of furan rings is 1. The first-order chi connectivity index (χ1) is 8.75. The minimum Gasteiger partial charge on any atom is -0.468 e. The first-order valence-corrected chi connectivity index (χ1v) is 6.42. The Kier molecular flexibility index (Phi) is 2.85. The standard InChI is InChI=1S/C13H11NO3S/c15-11-12(9-5-3-7-17-9)18-10-6-2-1-4-8(10)14-13(11)16/h1-7,11-12,15H,(H,14,16)/t11-,12+/m0/s1. The van der Waals surface area contributed by atoms with Crippen molar-refractivity contribution >= 4 is 23.4 Å². The average molecular weight is 261 g/mol. The number of hydrogen-bond donors (Lipinski definition) is 2. The molecule has 0 unspecified atom stereocenters. The largest absolute Gasteiger partial charge is 0.468 e.